The van der Waals surface area contributed by atoms with Crippen molar-refractivity contribution < 1.29 is 23.1 Å². The second-order valence-corrected chi connectivity index (χ2v) is 9.77. The van der Waals surface area contributed by atoms with Gasteiger partial charge in [-0.15, -0.1) is 0 Å². The minimum Gasteiger partial charge on any atom is -0.491 e. The highest BCUT2D eigenvalue weighted by Gasteiger charge is 2.29. The number of halogens is 2. The number of aliphatic hydroxyl groups excluding tert-OH is 1. The van der Waals surface area contributed by atoms with E-state index in [2.05, 4.69) is 15.4 Å². The van der Waals surface area contributed by atoms with Crippen molar-refractivity contribution in [2.45, 2.75) is 46.3 Å². The molecule has 3 aromatic rings. The number of hydrogen-bond donors (Lipinski definition) is 2. The molecule has 2 N–H and O–H groups in total. The van der Waals surface area contributed by atoms with E-state index in [1.54, 1.807) is 7.05 Å². The van der Waals surface area contributed by atoms with E-state index in [-0.39, 0.29) is 19.2 Å². The molecule has 11 heteroatoms. The van der Waals surface area contributed by atoms with E-state index in [1.807, 2.05) is 56.9 Å². The first-order valence-electron chi connectivity index (χ1n) is 12.8. The molecule has 0 amide bonds. The van der Waals surface area contributed by atoms with Crippen LogP contribution < -0.4 is 15.0 Å². The lowest BCUT2D eigenvalue weighted by atomic mass is 10.0. The van der Waals surface area contributed by atoms with Crippen molar-refractivity contribution in [2.24, 2.45) is 0 Å². The van der Waals surface area contributed by atoms with Crippen LogP contribution >= 0.6 is 0 Å². The molecule has 1 saturated heterocycles. The number of hydrogen-bond acceptors (Lipinski definition) is 9. The molecule has 206 valence electrons. The average Bonchev–Trinajstić information content (AvgIpc) is 3.22. The molecular weight excluding hydrogens is 494 g/mol. The van der Waals surface area contributed by atoms with Crippen LogP contribution in [-0.2, 0) is 0 Å². The van der Waals surface area contributed by atoms with E-state index in [1.165, 1.54) is 0 Å². The molecule has 0 aliphatic carbocycles. The highest BCUT2D eigenvalue weighted by molar-refractivity contribution is 5.75. The van der Waals surface area contributed by atoms with Gasteiger partial charge in [0.1, 0.15) is 30.0 Å². The van der Waals surface area contributed by atoms with E-state index in [9.17, 15) is 13.9 Å². The maximum absolute atomic E-state index is 13.1. The predicted octanol–water partition coefficient (Wildman–Crippen LogP) is 3.46. The van der Waals surface area contributed by atoms with Gasteiger partial charge in [0.25, 0.3) is 6.43 Å². The lowest BCUT2D eigenvalue weighted by Crippen LogP contribution is -2.53. The van der Waals surface area contributed by atoms with Gasteiger partial charge in [-0.3, -0.25) is 4.90 Å². The van der Waals surface area contributed by atoms with Crippen LogP contribution in [0.2, 0.25) is 0 Å². The molecule has 0 spiro atoms. The molecule has 1 fully saturated rings. The predicted molar refractivity (Wildman–Crippen MR) is 142 cm³/mol. The van der Waals surface area contributed by atoms with E-state index >= 15 is 0 Å². The van der Waals surface area contributed by atoms with Crippen LogP contribution in [0, 0.1) is 20.8 Å². The Morgan fingerprint density at radius 1 is 1.21 bits per heavy atom. The van der Waals surface area contributed by atoms with Gasteiger partial charge in [-0.2, -0.15) is 0 Å². The third kappa shape index (κ3) is 6.28. The Kier molecular flexibility index (Phi) is 8.91. The molecule has 9 nitrogen and oxygen atoms in total. The fourth-order valence-electron chi connectivity index (χ4n) is 4.85. The molecule has 0 radical (unpaired) electrons. The summed E-state index contributed by atoms with van der Waals surface area (Å²) < 4.78 is 37.4. The van der Waals surface area contributed by atoms with E-state index < -0.39 is 12.5 Å². The summed E-state index contributed by atoms with van der Waals surface area (Å²) in [5, 5.41) is 17.1. The monoisotopic (exact) mass is 530 g/mol. The molecule has 2 atom stereocenters. The van der Waals surface area contributed by atoms with Gasteiger partial charge in [0.05, 0.1) is 23.5 Å². The Hall–Kier alpha value is -3.15. The number of anilines is 1. The summed E-state index contributed by atoms with van der Waals surface area (Å²) in [6, 6.07) is 7.38. The van der Waals surface area contributed by atoms with Crippen LogP contribution in [0.15, 0.2) is 28.8 Å². The van der Waals surface area contributed by atoms with Gasteiger partial charge in [0.2, 0.25) is 0 Å². The highest BCUT2D eigenvalue weighted by Crippen LogP contribution is 2.35. The summed E-state index contributed by atoms with van der Waals surface area (Å²) in [6.07, 6.45) is -3.00. The van der Waals surface area contributed by atoms with E-state index in [0.29, 0.717) is 43.5 Å². The fraction of sp³-hybridized carbons (Fsp3) is 0.519. The number of nitrogens with one attached hydrogen (secondary N) is 1. The van der Waals surface area contributed by atoms with E-state index in [0.717, 1.165) is 33.9 Å². The molecule has 38 heavy (non-hydrogen) atoms. The number of alkyl halides is 2. The Morgan fingerprint density at radius 3 is 2.66 bits per heavy atom. The smallest absolute Gasteiger partial charge is 0.251 e. The number of aliphatic hydroxyl groups is 1. The second-order valence-electron chi connectivity index (χ2n) is 9.77. The standard InChI is InChI=1S/C27H36F2N6O3/c1-16-13-35(10-9-34(16)14-23(28)29)27-17(2)25(24-18(3)33-38-19(24)4)31-26(32-27)20-7-6-8-22(11-20)37-15-21(36)12-30-5/h6-8,11,16,21,23,30,36H,9-10,12-15H2,1-5H3/t16-,21?/m0/s1. The van der Waals surface area contributed by atoms with Gasteiger partial charge < -0.3 is 24.6 Å². The molecular formula is C27H36F2N6O3. The molecule has 0 saturated carbocycles. The highest BCUT2D eigenvalue weighted by atomic mass is 19.3. The molecule has 1 aliphatic rings. The first kappa shape index (κ1) is 27.9. The Balaban J connectivity index is 1.72. The number of benzene rings is 1. The van der Waals surface area contributed by atoms with Gasteiger partial charge >= 0.3 is 0 Å². The zero-order chi connectivity index (χ0) is 27.4. The van der Waals surface area contributed by atoms with Crippen molar-refractivity contribution in [1.29, 1.82) is 0 Å². The van der Waals surface area contributed by atoms with Crippen molar-refractivity contribution in [2.75, 3.05) is 51.3 Å². The summed E-state index contributed by atoms with van der Waals surface area (Å²) in [5.41, 5.74) is 3.90. The number of aryl methyl sites for hydroxylation is 2. The van der Waals surface area contributed by atoms with Crippen molar-refractivity contribution in [3.8, 4) is 28.4 Å². The fourth-order valence-corrected chi connectivity index (χ4v) is 4.85. The number of nitrogens with zero attached hydrogens (tertiary/aromatic N) is 5. The lowest BCUT2D eigenvalue weighted by Gasteiger charge is -2.40. The van der Waals surface area contributed by atoms with E-state index in [4.69, 9.17) is 19.2 Å². The number of likely N-dealkylation sites (N-methyl/N-ethyl adjacent to an activating group) is 1. The maximum atomic E-state index is 13.1. The van der Waals surface area contributed by atoms with Gasteiger partial charge in [-0.25, -0.2) is 18.7 Å². The van der Waals surface area contributed by atoms with Crippen LogP contribution in [0.25, 0.3) is 22.6 Å². The number of aromatic nitrogens is 3. The van der Waals surface area contributed by atoms with Crippen LogP contribution in [0.4, 0.5) is 14.6 Å². The molecule has 1 aromatic carbocycles. The van der Waals surface area contributed by atoms with Crippen LogP contribution in [-0.4, -0.2) is 90.1 Å². The molecule has 4 rings (SSSR count). The van der Waals surface area contributed by atoms with Gasteiger partial charge in [0.15, 0.2) is 5.82 Å². The van der Waals surface area contributed by atoms with Crippen molar-refractivity contribution in [3.63, 3.8) is 0 Å². The zero-order valence-corrected chi connectivity index (χ0v) is 22.5. The topological polar surface area (TPSA) is 99.8 Å². The first-order chi connectivity index (χ1) is 18.2. The van der Waals surface area contributed by atoms with Crippen molar-refractivity contribution >= 4 is 5.82 Å². The van der Waals surface area contributed by atoms with Crippen LogP contribution in [0.5, 0.6) is 5.75 Å². The molecule has 1 aliphatic heterocycles. The van der Waals surface area contributed by atoms with Gasteiger partial charge in [-0.1, -0.05) is 17.3 Å². The van der Waals surface area contributed by atoms with Crippen molar-refractivity contribution in [3.05, 3.63) is 41.3 Å². The molecule has 3 heterocycles. The minimum atomic E-state index is -2.36. The molecule has 2 aromatic heterocycles. The van der Waals surface area contributed by atoms with Crippen LogP contribution in [0.3, 0.4) is 0 Å². The normalized spacial score (nSPS) is 17.3. The Bertz CT molecular complexity index is 1220. The SMILES string of the molecule is CNCC(O)COc1cccc(-c2nc(-c3c(C)noc3C)c(C)c(N3CCN(CC(F)F)[C@@H](C)C3)n2)c1. The van der Waals surface area contributed by atoms with Gasteiger partial charge in [-0.05, 0) is 46.9 Å². The summed E-state index contributed by atoms with van der Waals surface area (Å²) in [7, 11) is 1.77. The maximum Gasteiger partial charge on any atom is 0.251 e. The van der Waals surface area contributed by atoms with Crippen molar-refractivity contribution in [1.82, 2.24) is 25.3 Å². The second kappa shape index (κ2) is 12.1. The van der Waals surface area contributed by atoms with Gasteiger partial charge in [0, 0.05) is 43.3 Å². The summed E-state index contributed by atoms with van der Waals surface area (Å²) in [6.45, 7) is 9.66. The summed E-state index contributed by atoms with van der Waals surface area (Å²) in [5.74, 6) is 2.51. The zero-order valence-electron chi connectivity index (χ0n) is 22.5. The molecule has 1 unspecified atom stereocenters. The molecule has 0 bridgehead atoms. The third-order valence-electron chi connectivity index (χ3n) is 6.80. The largest absolute Gasteiger partial charge is 0.491 e. The first-order valence-corrected chi connectivity index (χ1v) is 12.8. The summed E-state index contributed by atoms with van der Waals surface area (Å²) >= 11 is 0. The number of ether oxygens (including phenoxy) is 1. The third-order valence-corrected chi connectivity index (χ3v) is 6.80. The summed E-state index contributed by atoms with van der Waals surface area (Å²) in [4.78, 5) is 13.9. The van der Waals surface area contributed by atoms with Crippen LogP contribution in [0.1, 0.15) is 23.9 Å². The minimum absolute atomic E-state index is 0.0566. The lowest BCUT2D eigenvalue weighted by molar-refractivity contribution is 0.0643. The average molecular weight is 531 g/mol. The number of piperazine rings is 1. The Morgan fingerprint density at radius 2 is 2.00 bits per heavy atom. The number of rotatable bonds is 10. The quantitative estimate of drug-likeness (QED) is 0.408. The Labute approximate surface area is 221 Å².